The first-order chi connectivity index (χ1) is 11.3. The van der Waals surface area contributed by atoms with Crippen LogP contribution < -0.4 is 22.5 Å². The zero-order chi connectivity index (χ0) is 16.1. The maximum absolute atomic E-state index is 13.6. The van der Waals surface area contributed by atoms with Crippen molar-refractivity contribution in [1.29, 1.82) is 0 Å². The van der Waals surface area contributed by atoms with Crippen molar-refractivity contribution >= 4 is 10.8 Å². The van der Waals surface area contributed by atoms with E-state index >= 15 is 0 Å². The number of rotatable bonds is 6. The Bertz CT molecular complexity index is 807. The number of ether oxygens (including phenoxy) is 1. The van der Waals surface area contributed by atoms with Gasteiger partial charge in [-0.1, -0.05) is 48.5 Å². The molecule has 3 aromatic carbocycles. The molecule has 0 aliphatic rings. The lowest BCUT2D eigenvalue weighted by Gasteiger charge is -2.13. The Kier molecular flexibility index (Phi) is 6.59. The average Bonchev–Trinajstić information content (AvgIpc) is 2.60. The van der Waals surface area contributed by atoms with Gasteiger partial charge >= 0.3 is 0 Å². The molecule has 126 valence electrons. The molecule has 0 bridgehead atoms. The zero-order valence-electron chi connectivity index (χ0n) is 13.6. The average molecular weight is 345 g/mol. The topological polar surface area (TPSA) is 21.3 Å². The molecule has 3 rings (SSSR count). The summed E-state index contributed by atoms with van der Waals surface area (Å²) in [5.74, 6) is 0.735. The standard InChI is InChI=1S/C20H20FNO.ClH/c1-23-20-11-10-15-6-2-4-8-17(15)18(20)14-22-13-12-16-7-3-5-9-19(16)21;/h2-11,22H,12-14H2,1H3;1H/p-1. The van der Waals surface area contributed by atoms with Crippen molar-refractivity contribution in [1.82, 2.24) is 5.32 Å². The van der Waals surface area contributed by atoms with Gasteiger partial charge in [0.15, 0.2) is 0 Å². The van der Waals surface area contributed by atoms with Gasteiger partial charge in [0.1, 0.15) is 11.6 Å². The Morgan fingerprint density at radius 3 is 2.50 bits per heavy atom. The second kappa shape index (κ2) is 8.67. The van der Waals surface area contributed by atoms with Crippen LogP contribution in [0.2, 0.25) is 0 Å². The molecule has 1 N–H and O–H groups in total. The van der Waals surface area contributed by atoms with Crippen molar-refractivity contribution in [2.24, 2.45) is 0 Å². The fourth-order valence-corrected chi connectivity index (χ4v) is 2.83. The van der Waals surface area contributed by atoms with E-state index in [0.29, 0.717) is 19.5 Å². The largest absolute Gasteiger partial charge is 1.00 e. The molecule has 4 heteroatoms. The van der Waals surface area contributed by atoms with Crippen LogP contribution in [0.25, 0.3) is 10.8 Å². The highest BCUT2D eigenvalue weighted by Gasteiger charge is 2.08. The molecule has 0 atom stereocenters. The van der Waals surface area contributed by atoms with Crippen LogP contribution in [-0.4, -0.2) is 13.7 Å². The van der Waals surface area contributed by atoms with E-state index < -0.39 is 0 Å². The van der Waals surface area contributed by atoms with Gasteiger partial charge in [-0.05, 0) is 41.4 Å². The summed E-state index contributed by atoms with van der Waals surface area (Å²) in [6.07, 6.45) is 0.666. The van der Waals surface area contributed by atoms with E-state index in [4.69, 9.17) is 4.74 Å². The summed E-state index contributed by atoms with van der Waals surface area (Å²) < 4.78 is 19.1. The van der Waals surface area contributed by atoms with Crippen molar-refractivity contribution in [3.8, 4) is 5.75 Å². The van der Waals surface area contributed by atoms with Crippen LogP contribution in [0.4, 0.5) is 4.39 Å². The van der Waals surface area contributed by atoms with Gasteiger partial charge in [-0.3, -0.25) is 0 Å². The minimum atomic E-state index is -0.142. The third-order valence-corrected chi connectivity index (χ3v) is 4.05. The molecular formula is C20H20ClFNO-. The van der Waals surface area contributed by atoms with E-state index in [1.807, 2.05) is 30.3 Å². The molecular weight excluding hydrogens is 325 g/mol. The van der Waals surface area contributed by atoms with Crippen molar-refractivity contribution in [2.75, 3.05) is 13.7 Å². The molecule has 24 heavy (non-hydrogen) atoms. The molecule has 0 spiro atoms. The van der Waals surface area contributed by atoms with Crippen LogP contribution in [0.1, 0.15) is 11.1 Å². The molecule has 0 fully saturated rings. The Morgan fingerprint density at radius 2 is 1.71 bits per heavy atom. The van der Waals surface area contributed by atoms with E-state index in [2.05, 4.69) is 23.5 Å². The third kappa shape index (κ3) is 4.05. The van der Waals surface area contributed by atoms with Crippen LogP contribution in [-0.2, 0) is 13.0 Å². The summed E-state index contributed by atoms with van der Waals surface area (Å²) >= 11 is 0. The fourth-order valence-electron chi connectivity index (χ4n) is 2.83. The molecule has 0 saturated carbocycles. The molecule has 0 saturated heterocycles. The number of methoxy groups -OCH3 is 1. The predicted molar refractivity (Wildman–Crippen MR) is 92.3 cm³/mol. The highest BCUT2D eigenvalue weighted by molar-refractivity contribution is 5.87. The van der Waals surface area contributed by atoms with E-state index in [9.17, 15) is 4.39 Å². The lowest BCUT2D eigenvalue weighted by atomic mass is 10.0. The normalized spacial score (nSPS) is 10.4. The van der Waals surface area contributed by atoms with Gasteiger partial charge in [0.05, 0.1) is 7.11 Å². The number of benzene rings is 3. The summed E-state index contributed by atoms with van der Waals surface area (Å²) in [6.45, 7) is 1.41. The molecule has 2 nitrogen and oxygen atoms in total. The number of hydrogen-bond donors (Lipinski definition) is 1. The monoisotopic (exact) mass is 344 g/mol. The lowest BCUT2D eigenvalue weighted by molar-refractivity contribution is -0.00000545. The molecule has 0 aromatic heterocycles. The molecule has 0 aliphatic carbocycles. The maximum atomic E-state index is 13.6. The second-order valence-electron chi connectivity index (χ2n) is 5.49. The first-order valence-corrected chi connectivity index (χ1v) is 7.78. The Balaban J connectivity index is 0.00000208. The quantitative estimate of drug-likeness (QED) is 0.681. The first kappa shape index (κ1) is 18.2. The van der Waals surface area contributed by atoms with Gasteiger partial charge in [-0.2, -0.15) is 0 Å². The number of nitrogens with one attached hydrogen (secondary N) is 1. The lowest BCUT2D eigenvalue weighted by Crippen LogP contribution is -3.00. The third-order valence-electron chi connectivity index (χ3n) is 4.05. The van der Waals surface area contributed by atoms with Crippen molar-refractivity contribution in [2.45, 2.75) is 13.0 Å². The Morgan fingerprint density at radius 1 is 0.958 bits per heavy atom. The minimum Gasteiger partial charge on any atom is -1.00 e. The predicted octanol–water partition coefficient (Wildman–Crippen LogP) is 1.32. The van der Waals surface area contributed by atoms with Crippen molar-refractivity contribution < 1.29 is 21.5 Å². The van der Waals surface area contributed by atoms with Crippen molar-refractivity contribution in [3.05, 3.63) is 77.6 Å². The molecule has 0 unspecified atom stereocenters. The summed E-state index contributed by atoms with van der Waals surface area (Å²) in [7, 11) is 1.69. The van der Waals surface area contributed by atoms with E-state index in [0.717, 1.165) is 16.9 Å². The van der Waals surface area contributed by atoms with Crippen LogP contribution >= 0.6 is 0 Å². The van der Waals surface area contributed by atoms with Crippen LogP contribution in [0.3, 0.4) is 0 Å². The fraction of sp³-hybridized carbons (Fsp3) is 0.200. The summed E-state index contributed by atoms with van der Waals surface area (Å²) in [4.78, 5) is 0. The molecule has 0 heterocycles. The highest BCUT2D eigenvalue weighted by Crippen LogP contribution is 2.27. The highest BCUT2D eigenvalue weighted by atomic mass is 35.5. The van der Waals surface area contributed by atoms with Gasteiger partial charge < -0.3 is 22.5 Å². The summed E-state index contributed by atoms with van der Waals surface area (Å²) in [6, 6.07) is 19.2. The zero-order valence-corrected chi connectivity index (χ0v) is 14.3. The summed E-state index contributed by atoms with van der Waals surface area (Å²) in [5, 5.41) is 5.78. The molecule has 0 amide bonds. The Hall–Kier alpha value is -2.10. The van der Waals surface area contributed by atoms with Gasteiger partial charge in [0, 0.05) is 12.1 Å². The summed E-state index contributed by atoms with van der Waals surface area (Å²) in [5.41, 5.74) is 1.88. The Labute approximate surface area is 148 Å². The molecule has 3 aromatic rings. The van der Waals surface area contributed by atoms with Crippen LogP contribution in [0, 0.1) is 5.82 Å². The van der Waals surface area contributed by atoms with Gasteiger partial charge in [-0.25, -0.2) is 4.39 Å². The second-order valence-corrected chi connectivity index (χ2v) is 5.49. The van der Waals surface area contributed by atoms with Gasteiger partial charge in [-0.15, -0.1) is 0 Å². The smallest absolute Gasteiger partial charge is 0.126 e. The van der Waals surface area contributed by atoms with Gasteiger partial charge in [0.25, 0.3) is 0 Å². The van der Waals surface area contributed by atoms with Gasteiger partial charge in [0.2, 0.25) is 0 Å². The number of halogens is 2. The molecule has 0 radical (unpaired) electrons. The van der Waals surface area contributed by atoms with E-state index in [-0.39, 0.29) is 18.2 Å². The van der Waals surface area contributed by atoms with Crippen molar-refractivity contribution in [3.63, 3.8) is 0 Å². The number of hydrogen-bond acceptors (Lipinski definition) is 2. The van der Waals surface area contributed by atoms with E-state index in [1.54, 1.807) is 13.2 Å². The SMILES string of the molecule is COc1ccc2ccccc2c1CNCCc1ccccc1F.[Cl-]. The number of fused-ring (bicyclic) bond motifs is 1. The van der Waals surface area contributed by atoms with Crippen LogP contribution in [0.15, 0.2) is 60.7 Å². The van der Waals surface area contributed by atoms with E-state index in [1.165, 1.54) is 16.8 Å². The van der Waals surface area contributed by atoms with Crippen LogP contribution in [0.5, 0.6) is 5.75 Å². The molecule has 0 aliphatic heterocycles. The maximum Gasteiger partial charge on any atom is 0.126 e. The first-order valence-electron chi connectivity index (χ1n) is 7.78. The minimum absolute atomic E-state index is 0.